The molecule has 1 aliphatic carbocycles. The summed E-state index contributed by atoms with van der Waals surface area (Å²) in [6.45, 7) is 2.42. The second-order valence-corrected chi connectivity index (χ2v) is 8.53. The fourth-order valence-corrected chi connectivity index (χ4v) is 5.19. The number of aliphatic hydroxyl groups excluding tert-OH is 1. The Hall–Kier alpha value is -2.42. The maximum atomic E-state index is 13.2. The summed E-state index contributed by atoms with van der Waals surface area (Å²) in [5.41, 5.74) is 4.63. The molecule has 1 aromatic carbocycles. The van der Waals surface area contributed by atoms with Gasteiger partial charge >= 0.3 is 0 Å². The van der Waals surface area contributed by atoms with Crippen LogP contribution in [0.25, 0.3) is 5.69 Å². The SMILES string of the molecule is Cc1c(C(=O)CN2C3CCC2C(O)C3)cc(C2CC2)n1-c1ccc(C#N)cc1. The number of carbonyl (C=O) groups is 1. The number of benzene rings is 1. The Kier molecular flexibility index (Phi) is 4.15. The maximum absolute atomic E-state index is 13.2. The number of aromatic nitrogens is 1. The average Bonchev–Trinajstić information content (AvgIpc) is 3.32. The van der Waals surface area contributed by atoms with Crippen molar-refractivity contribution in [1.29, 1.82) is 5.26 Å². The van der Waals surface area contributed by atoms with Crippen LogP contribution in [-0.2, 0) is 0 Å². The van der Waals surface area contributed by atoms with E-state index in [1.54, 1.807) is 0 Å². The molecule has 1 aromatic heterocycles. The van der Waals surface area contributed by atoms with Crippen LogP contribution in [0.15, 0.2) is 30.3 Å². The van der Waals surface area contributed by atoms with Crippen LogP contribution in [0, 0.1) is 18.3 Å². The van der Waals surface area contributed by atoms with Gasteiger partial charge in [-0.3, -0.25) is 9.69 Å². The summed E-state index contributed by atoms with van der Waals surface area (Å²) < 4.78 is 2.19. The van der Waals surface area contributed by atoms with E-state index in [1.165, 1.54) is 5.69 Å². The number of nitriles is 1. The molecular weight excluding hydrogens is 350 g/mol. The Labute approximate surface area is 165 Å². The summed E-state index contributed by atoms with van der Waals surface area (Å²) in [4.78, 5) is 15.4. The van der Waals surface area contributed by atoms with Gasteiger partial charge in [-0.1, -0.05) is 0 Å². The molecule has 3 unspecified atom stereocenters. The number of hydrogen-bond donors (Lipinski definition) is 1. The predicted molar refractivity (Wildman–Crippen MR) is 106 cm³/mol. The van der Waals surface area contributed by atoms with Crippen LogP contribution < -0.4 is 0 Å². The van der Waals surface area contributed by atoms with Crippen molar-refractivity contribution in [3.8, 4) is 11.8 Å². The van der Waals surface area contributed by atoms with Crippen LogP contribution in [0.3, 0.4) is 0 Å². The van der Waals surface area contributed by atoms with Crippen molar-refractivity contribution in [1.82, 2.24) is 9.47 Å². The molecule has 2 aliphatic heterocycles. The van der Waals surface area contributed by atoms with Crippen molar-refractivity contribution in [2.45, 2.75) is 63.1 Å². The second-order valence-electron chi connectivity index (χ2n) is 8.53. The molecule has 2 saturated heterocycles. The van der Waals surface area contributed by atoms with Gasteiger partial charge in [0.15, 0.2) is 5.78 Å². The summed E-state index contributed by atoms with van der Waals surface area (Å²) in [5, 5.41) is 19.2. The van der Waals surface area contributed by atoms with Crippen LogP contribution in [0.4, 0.5) is 0 Å². The maximum Gasteiger partial charge on any atom is 0.178 e. The molecule has 28 heavy (non-hydrogen) atoms. The van der Waals surface area contributed by atoms with Gasteiger partial charge in [0.25, 0.3) is 0 Å². The molecule has 0 amide bonds. The molecule has 144 valence electrons. The minimum absolute atomic E-state index is 0.151. The molecule has 5 heteroatoms. The zero-order valence-electron chi connectivity index (χ0n) is 16.1. The highest BCUT2D eigenvalue weighted by molar-refractivity contribution is 5.99. The monoisotopic (exact) mass is 375 g/mol. The van der Waals surface area contributed by atoms with Crippen LogP contribution in [0.2, 0.25) is 0 Å². The Morgan fingerprint density at radius 1 is 1.21 bits per heavy atom. The van der Waals surface area contributed by atoms with Crippen molar-refractivity contribution < 1.29 is 9.90 Å². The summed E-state index contributed by atoms with van der Waals surface area (Å²) in [6.07, 6.45) is 4.94. The van der Waals surface area contributed by atoms with Crippen LogP contribution in [0.1, 0.15) is 65.3 Å². The fraction of sp³-hybridized carbons (Fsp3) is 0.478. The topological polar surface area (TPSA) is 69.3 Å². The summed E-state index contributed by atoms with van der Waals surface area (Å²) in [7, 11) is 0. The van der Waals surface area contributed by atoms with Crippen molar-refractivity contribution >= 4 is 5.78 Å². The number of fused-ring (bicyclic) bond motifs is 2. The van der Waals surface area contributed by atoms with Crippen LogP contribution in [0.5, 0.6) is 0 Å². The third kappa shape index (κ3) is 2.80. The van der Waals surface area contributed by atoms with Crippen molar-refractivity contribution in [2.75, 3.05) is 6.54 Å². The molecule has 2 bridgehead atoms. The highest BCUT2D eigenvalue weighted by Gasteiger charge is 2.46. The molecule has 5 nitrogen and oxygen atoms in total. The lowest BCUT2D eigenvalue weighted by atomic mass is 9.98. The van der Waals surface area contributed by atoms with Gasteiger partial charge in [-0.25, -0.2) is 0 Å². The highest BCUT2D eigenvalue weighted by Crippen LogP contribution is 2.43. The lowest BCUT2D eigenvalue weighted by Gasteiger charge is -2.21. The lowest BCUT2D eigenvalue weighted by Crippen LogP contribution is -2.36. The molecule has 3 fully saturated rings. The molecular formula is C23H25N3O2. The number of nitrogens with zero attached hydrogens (tertiary/aromatic N) is 3. The number of Topliss-reactive ketones (excluding diaryl/α,β-unsaturated/α-hetero) is 1. The first-order valence-corrected chi connectivity index (χ1v) is 10.3. The molecule has 0 radical (unpaired) electrons. The molecule has 5 rings (SSSR count). The summed E-state index contributed by atoms with van der Waals surface area (Å²) in [5.74, 6) is 0.665. The van der Waals surface area contributed by atoms with E-state index in [0.717, 1.165) is 49.0 Å². The first kappa shape index (κ1) is 17.7. The molecule has 3 heterocycles. The Morgan fingerprint density at radius 3 is 2.54 bits per heavy atom. The van der Waals surface area contributed by atoms with Crippen molar-refractivity contribution in [2.24, 2.45) is 0 Å². The van der Waals surface area contributed by atoms with E-state index in [4.69, 9.17) is 5.26 Å². The number of hydrogen-bond acceptors (Lipinski definition) is 4. The van der Waals surface area contributed by atoms with E-state index in [9.17, 15) is 9.90 Å². The standard InChI is InChI=1S/C23H25N3O2/c1-14-19(23(28)13-25-18-8-9-20(25)22(27)10-18)11-21(16-4-5-16)26(14)17-6-2-15(12-24)3-7-17/h2-3,6-7,11,16,18,20,22,27H,4-5,8-10,13H2,1H3. The van der Waals surface area contributed by atoms with Gasteiger partial charge < -0.3 is 9.67 Å². The quantitative estimate of drug-likeness (QED) is 0.814. The summed E-state index contributed by atoms with van der Waals surface area (Å²) >= 11 is 0. The van der Waals surface area contributed by atoms with Crippen molar-refractivity contribution in [3.05, 3.63) is 52.8 Å². The zero-order valence-corrected chi connectivity index (χ0v) is 16.1. The molecule has 0 spiro atoms. The Morgan fingerprint density at radius 2 is 1.96 bits per heavy atom. The van der Waals surface area contributed by atoms with Crippen molar-refractivity contribution in [3.63, 3.8) is 0 Å². The van der Waals surface area contributed by atoms with E-state index >= 15 is 0 Å². The summed E-state index contributed by atoms with van der Waals surface area (Å²) in [6, 6.07) is 12.3. The van der Waals surface area contributed by atoms with Gasteiger partial charge in [0.2, 0.25) is 0 Å². The number of carbonyl (C=O) groups excluding carboxylic acids is 1. The lowest BCUT2D eigenvalue weighted by molar-refractivity contribution is 0.0873. The predicted octanol–water partition coefficient (Wildman–Crippen LogP) is 3.32. The minimum Gasteiger partial charge on any atom is -0.391 e. The van der Waals surface area contributed by atoms with E-state index in [1.807, 2.05) is 31.2 Å². The van der Waals surface area contributed by atoms with Crippen LogP contribution >= 0.6 is 0 Å². The molecule has 1 saturated carbocycles. The highest BCUT2D eigenvalue weighted by atomic mass is 16.3. The molecule has 3 atom stereocenters. The molecule has 2 aromatic rings. The average molecular weight is 375 g/mol. The number of ketones is 1. The Balaban J connectivity index is 1.47. The van der Waals surface area contributed by atoms with E-state index in [-0.39, 0.29) is 17.9 Å². The number of rotatable bonds is 5. The number of aliphatic hydroxyl groups is 1. The largest absolute Gasteiger partial charge is 0.391 e. The first-order chi connectivity index (χ1) is 13.6. The van der Waals surface area contributed by atoms with Gasteiger partial charge in [0, 0.05) is 34.7 Å². The van der Waals surface area contributed by atoms with Gasteiger partial charge in [0.05, 0.1) is 24.3 Å². The molecule has 1 N–H and O–H groups in total. The van der Waals surface area contributed by atoms with Gasteiger partial charge in [0.1, 0.15) is 0 Å². The van der Waals surface area contributed by atoms with Gasteiger partial charge in [-0.15, -0.1) is 0 Å². The first-order valence-electron chi connectivity index (χ1n) is 10.3. The van der Waals surface area contributed by atoms with Gasteiger partial charge in [-0.2, -0.15) is 5.26 Å². The third-order valence-corrected chi connectivity index (χ3v) is 6.80. The molecule has 3 aliphatic rings. The fourth-order valence-electron chi connectivity index (χ4n) is 5.19. The van der Waals surface area contributed by atoms with E-state index < -0.39 is 0 Å². The Bertz CT molecular complexity index is 965. The minimum atomic E-state index is -0.280. The van der Waals surface area contributed by atoms with Crippen LogP contribution in [-0.4, -0.2) is 45.1 Å². The normalized spacial score (nSPS) is 26.5. The van der Waals surface area contributed by atoms with E-state index in [0.29, 0.717) is 24.1 Å². The smallest absolute Gasteiger partial charge is 0.178 e. The van der Waals surface area contributed by atoms with E-state index in [2.05, 4.69) is 21.6 Å². The third-order valence-electron chi connectivity index (χ3n) is 6.80. The van der Waals surface area contributed by atoms with Gasteiger partial charge in [-0.05, 0) is 75.3 Å². The second kappa shape index (κ2) is 6.58. The zero-order chi connectivity index (χ0) is 19.4.